The van der Waals surface area contributed by atoms with Crippen molar-refractivity contribution in [3.8, 4) is 0 Å². The van der Waals surface area contributed by atoms with E-state index in [0.717, 1.165) is 24.8 Å². The largest absolute Gasteiger partial charge is 0.398 e. The van der Waals surface area contributed by atoms with E-state index in [1.807, 2.05) is 0 Å². The highest BCUT2D eigenvalue weighted by Crippen LogP contribution is 2.23. The van der Waals surface area contributed by atoms with Crippen molar-refractivity contribution in [1.82, 2.24) is 0 Å². The Hall–Kier alpha value is -0.510. The Kier molecular flexibility index (Phi) is 9.63. The summed E-state index contributed by atoms with van der Waals surface area (Å²) in [5.74, 6) is -0.277. The number of benzene rings is 1. The summed E-state index contributed by atoms with van der Waals surface area (Å²) in [7, 11) is 0. The molecule has 2 nitrogen and oxygen atoms in total. The van der Waals surface area contributed by atoms with Crippen LogP contribution in [-0.2, 0) is 0 Å². The molecule has 0 amide bonds. The van der Waals surface area contributed by atoms with Crippen LogP contribution in [0.15, 0.2) is 18.2 Å². The average molecular weight is 269 g/mol. The number of halogens is 3. The zero-order valence-electron chi connectivity index (χ0n) is 9.28. The zero-order chi connectivity index (χ0) is 10.6. The summed E-state index contributed by atoms with van der Waals surface area (Å²) in [6.45, 7) is 2.10. The van der Waals surface area contributed by atoms with E-state index in [1.165, 1.54) is 12.1 Å². The van der Waals surface area contributed by atoms with E-state index in [0.29, 0.717) is 5.69 Å². The minimum absolute atomic E-state index is 0. The van der Waals surface area contributed by atoms with E-state index in [-0.39, 0.29) is 36.7 Å². The maximum absolute atomic E-state index is 12.9. The first-order valence-electron chi connectivity index (χ1n) is 4.95. The molecule has 0 bridgehead atoms. The predicted octanol–water partition coefficient (Wildman–Crippen LogP) is 3.44. The molecule has 0 heterocycles. The van der Waals surface area contributed by atoms with Crippen LogP contribution >= 0.6 is 24.8 Å². The van der Waals surface area contributed by atoms with Gasteiger partial charge in [0, 0.05) is 11.7 Å². The van der Waals surface area contributed by atoms with Crippen molar-refractivity contribution in [2.45, 2.75) is 32.2 Å². The van der Waals surface area contributed by atoms with Crippen LogP contribution in [0.1, 0.15) is 37.8 Å². The first-order chi connectivity index (χ1) is 6.65. The molecule has 4 N–H and O–H groups in total. The molecule has 0 aliphatic rings. The van der Waals surface area contributed by atoms with Crippen LogP contribution in [0.3, 0.4) is 0 Å². The predicted molar refractivity (Wildman–Crippen MR) is 71.8 cm³/mol. The van der Waals surface area contributed by atoms with Gasteiger partial charge in [-0.25, -0.2) is 4.39 Å². The molecule has 16 heavy (non-hydrogen) atoms. The van der Waals surface area contributed by atoms with Crippen molar-refractivity contribution in [3.63, 3.8) is 0 Å². The third-order valence-electron chi connectivity index (χ3n) is 2.32. The van der Waals surface area contributed by atoms with Gasteiger partial charge in [0.05, 0.1) is 0 Å². The first-order valence-corrected chi connectivity index (χ1v) is 4.95. The number of nitrogens with two attached hydrogens (primary N) is 2. The van der Waals surface area contributed by atoms with Crippen LogP contribution in [0, 0.1) is 5.82 Å². The van der Waals surface area contributed by atoms with Gasteiger partial charge in [0.15, 0.2) is 0 Å². The van der Waals surface area contributed by atoms with Gasteiger partial charge in [0.2, 0.25) is 0 Å². The van der Waals surface area contributed by atoms with Gasteiger partial charge in [-0.2, -0.15) is 0 Å². The van der Waals surface area contributed by atoms with Crippen LogP contribution in [0.4, 0.5) is 10.1 Å². The van der Waals surface area contributed by atoms with Gasteiger partial charge < -0.3 is 11.5 Å². The van der Waals surface area contributed by atoms with Gasteiger partial charge in [-0.15, -0.1) is 24.8 Å². The minimum Gasteiger partial charge on any atom is -0.398 e. The molecule has 0 fully saturated rings. The van der Waals surface area contributed by atoms with Crippen LogP contribution in [0.2, 0.25) is 0 Å². The maximum atomic E-state index is 12.9. The Morgan fingerprint density at radius 2 is 1.94 bits per heavy atom. The quantitative estimate of drug-likeness (QED) is 0.822. The first kappa shape index (κ1) is 17.9. The van der Waals surface area contributed by atoms with Crippen LogP contribution < -0.4 is 11.5 Å². The standard InChI is InChI=1S/C11H17FN2.2ClH/c1-2-3-4-10(13)9-7-8(12)5-6-11(9)14;;/h5-7,10H,2-4,13-14H2,1H3;2*1H/t10-;;/m1../s1. The molecule has 94 valence electrons. The van der Waals surface area contributed by atoms with Gasteiger partial charge in [-0.05, 0) is 30.2 Å². The molecule has 0 aliphatic carbocycles. The molecule has 0 spiro atoms. The van der Waals surface area contributed by atoms with Gasteiger partial charge in [-0.1, -0.05) is 19.8 Å². The fourth-order valence-electron chi connectivity index (χ4n) is 1.45. The van der Waals surface area contributed by atoms with Crippen molar-refractivity contribution in [3.05, 3.63) is 29.6 Å². The summed E-state index contributed by atoms with van der Waals surface area (Å²) in [6, 6.07) is 4.20. The van der Waals surface area contributed by atoms with E-state index in [2.05, 4.69) is 6.92 Å². The van der Waals surface area contributed by atoms with Gasteiger partial charge in [0.25, 0.3) is 0 Å². The summed E-state index contributed by atoms with van der Waals surface area (Å²) < 4.78 is 12.9. The lowest BCUT2D eigenvalue weighted by Gasteiger charge is -2.13. The van der Waals surface area contributed by atoms with Gasteiger partial charge in [0.1, 0.15) is 5.82 Å². The summed E-state index contributed by atoms with van der Waals surface area (Å²) in [6.07, 6.45) is 2.98. The van der Waals surface area contributed by atoms with Crippen LogP contribution in [0.25, 0.3) is 0 Å². The lowest BCUT2D eigenvalue weighted by atomic mass is 10.0. The lowest BCUT2D eigenvalue weighted by molar-refractivity contribution is 0.590. The highest BCUT2D eigenvalue weighted by Gasteiger charge is 2.09. The molecule has 0 unspecified atom stereocenters. The Morgan fingerprint density at radius 1 is 1.31 bits per heavy atom. The van der Waals surface area contributed by atoms with E-state index in [4.69, 9.17) is 11.5 Å². The summed E-state index contributed by atoms with van der Waals surface area (Å²) >= 11 is 0. The molecule has 0 saturated carbocycles. The van der Waals surface area contributed by atoms with Crippen LogP contribution in [0.5, 0.6) is 0 Å². The third-order valence-corrected chi connectivity index (χ3v) is 2.32. The van der Waals surface area contributed by atoms with Gasteiger partial charge >= 0.3 is 0 Å². The number of rotatable bonds is 4. The fourth-order valence-corrected chi connectivity index (χ4v) is 1.45. The monoisotopic (exact) mass is 268 g/mol. The molecular formula is C11H19Cl2FN2. The molecule has 1 aromatic rings. The lowest BCUT2D eigenvalue weighted by Crippen LogP contribution is -2.12. The summed E-state index contributed by atoms with van der Waals surface area (Å²) in [5, 5.41) is 0. The normalized spacial score (nSPS) is 11.2. The van der Waals surface area contributed by atoms with E-state index < -0.39 is 0 Å². The molecule has 1 aromatic carbocycles. The third kappa shape index (κ3) is 5.01. The van der Waals surface area contributed by atoms with E-state index in [1.54, 1.807) is 6.07 Å². The molecule has 5 heteroatoms. The Balaban J connectivity index is 0. The second kappa shape index (κ2) is 8.62. The molecular weight excluding hydrogens is 250 g/mol. The highest BCUT2D eigenvalue weighted by atomic mass is 35.5. The topological polar surface area (TPSA) is 52.0 Å². The second-order valence-electron chi connectivity index (χ2n) is 3.52. The van der Waals surface area contributed by atoms with E-state index in [9.17, 15) is 4.39 Å². The SMILES string of the molecule is CCCC[C@@H](N)c1cc(F)ccc1N.Cl.Cl. The van der Waals surface area contributed by atoms with E-state index >= 15 is 0 Å². The molecule has 0 aliphatic heterocycles. The Labute approximate surface area is 108 Å². The van der Waals surface area contributed by atoms with Gasteiger partial charge in [-0.3, -0.25) is 0 Å². The molecule has 0 aromatic heterocycles. The maximum Gasteiger partial charge on any atom is 0.123 e. The number of unbranched alkanes of at least 4 members (excludes halogenated alkanes) is 1. The van der Waals surface area contributed by atoms with Crippen molar-refractivity contribution < 1.29 is 4.39 Å². The smallest absolute Gasteiger partial charge is 0.123 e. The molecule has 1 atom stereocenters. The average Bonchev–Trinajstić information content (AvgIpc) is 2.18. The number of anilines is 1. The molecule has 0 saturated heterocycles. The minimum atomic E-state index is -0.277. The fraction of sp³-hybridized carbons (Fsp3) is 0.455. The van der Waals surface area contributed by atoms with Crippen molar-refractivity contribution >= 4 is 30.5 Å². The molecule has 1 rings (SSSR count). The number of nitrogen functional groups attached to an aromatic ring is 1. The zero-order valence-corrected chi connectivity index (χ0v) is 10.9. The Bertz CT molecular complexity index is 308. The second-order valence-corrected chi connectivity index (χ2v) is 3.52. The van der Waals surface area contributed by atoms with Crippen molar-refractivity contribution in [1.29, 1.82) is 0 Å². The van der Waals surface area contributed by atoms with Crippen molar-refractivity contribution in [2.24, 2.45) is 5.73 Å². The van der Waals surface area contributed by atoms with Crippen molar-refractivity contribution in [2.75, 3.05) is 5.73 Å². The summed E-state index contributed by atoms with van der Waals surface area (Å²) in [4.78, 5) is 0. The van der Waals surface area contributed by atoms with Crippen LogP contribution in [-0.4, -0.2) is 0 Å². The summed E-state index contributed by atoms with van der Waals surface area (Å²) in [5.41, 5.74) is 12.9. The highest BCUT2D eigenvalue weighted by molar-refractivity contribution is 5.85. The number of hydrogen-bond acceptors (Lipinski definition) is 2. The molecule has 0 radical (unpaired) electrons. The Morgan fingerprint density at radius 3 is 2.50 bits per heavy atom. The number of hydrogen-bond donors (Lipinski definition) is 2.